The minimum Gasteiger partial charge on any atom is -0.336 e. The van der Waals surface area contributed by atoms with Crippen LogP contribution in [0.2, 0.25) is 0 Å². The number of aromatic nitrogens is 2. The second-order valence-electron chi connectivity index (χ2n) is 1.55. The third-order valence-corrected chi connectivity index (χ3v) is 0.935. The Labute approximate surface area is 52.4 Å². The molecule has 46 valence electrons. The van der Waals surface area contributed by atoms with Gasteiger partial charge in [0, 0.05) is 0 Å². The van der Waals surface area contributed by atoms with Gasteiger partial charge in [-0.15, -0.1) is 0 Å². The predicted molar refractivity (Wildman–Crippen MR) is 34.1 cm³/mol. The molecule has 1 N–H and O–H groups in total. The highest BCUT2D eigenvalue weighted by atomic mass is 16.1. The molecule has 0 amide bonds. The number of nitrogens with zero attached hydrogens (tertiary/aromatic N) is 1. The lowest BCUT2D eigenvalue weighted by Gasteiger charge is -1.76. The monoisotopic (exact) mass is 122 g/mol. The van der Waals surface area contributed by atoms with E-state index in [2.05, 4.69) is 16.5 Å². The summed E-state index contributed by atoms with van der Waals surface area (Å²) in [6.45, 7) is 3.47. The van der Waals surface area contributed by atoms with Crippen LogP contribution >= 0.6 is 0 Å². The third-order valence-electron chi connectivity index (χ3n) is 0.935. The highest BCUT2D eigenvalue weighted by Crippen LogP contribution is 1.93. The van der Waals surface area contributed by atoms with Gasteiger partial charge in [-0.05, 0) is 6.08 Å². The van der Waals surface area contributed by atoms with Crippen LogP contribution in [0.4, 0.5) is 0 Å². The van der Waals surface area contributed by atoms with Crippen LogP contribution in [0.1, 0.15) is 16.3 Å². The van der Waals surface area contributed by atoms with E-state index in [1.807, 2.05) is 0 Å². The van der Waals surface area contributed by atoms with Crippen molar-refractivity contribution in [2.24, 2.45) is 0 Å². The standard InChI is InChI=1S/C6H6N2O/c1-2-6-7-3-5(4-9)8-6/h2-4H,1H2,(H,7,8). The number of imidazole rings is 1. The number of hydrogen-bond acceptors (Lipinski definition) is 2. The lowest BCUT2D eigenvalue weighted by Crippen LogP contribution is -1.76. The van der Waals surface area contributed by atoms with Crippen molar-refractivity contribution in [3.8, 4) is 0 Å². The number of rotatable bonds is 2. The minimum absolute atomic E-state index is 0.477. The molecular formula is C6H6N2O. The summed E-state index contributed by atoms with van der Waals surface area (Å²) in [6, 6.07) is 0. The molecule has 0 bridgehead atoms. The average Bonchev–Trinajstić information content (AvgIpc) is 2.34. The van der Waals surface area contributed by atoms with E-state index in [1.54, 1.807) is 6.08 Å². The van der Waals surface area contributed by atoms with Crippen molar-refractivity contribution in [3.63, 3.8) is 0 Å². The number of hydrogen-bond donors (Lipinski definition) is 1. The zero-order valence-electron chi connectivity index (χ0n) is 4.79. The van der Waals surface area contributed by atoms with Crippen molar-refractivity contribution < 1.29 is 4.79 Å². The van der Waals surface area contributed by atoms with Crippen LogP contribution in [-0.2, 0) is 0 Å². The Balaban J connectivity index is 2.98. The Hall–Kier alpha value is -1.38. The molecule has 0 aliphatic rings. The topological polar surface area (TPSA) is 45.8 Å². The molecule has 0 unspecified atom stereocenters. The maximum Gasteiger partial charge on any atom is 0.167 e. The summed E-state index contributed by atoms with van der Waals surface area (Å²) in [5.74, 6) is 0.622. The van der Waals surface area contributed by atoms with E-state index >= 15 is 0 Å². The van der Waals surface area contributed by atoms with E-state index in [4.69, 9.17) is 0 Å². The molecule has 0 aliphatic carbocycles. The van der Waals surface area contributed by atoms with E-state index in [-0.39, 0.29) is 0 Å². The van der Waals surface area contributed by atoms with Crippen molar-refractivity contribution in [2.45, 2.75) is 0 Å². The van der Waals surface area contributed by atoms with E-state index in [0.717, 1.165) is 0 Å². The Bertz CT molecular complexity index is 204. The van der Waals surface area contributed by atoms with Gasteiger partial charge in [-0.1, -0.05) is 6.58 Å². The molecule has 0 aromatic carbocycles. The Morgan fingerprint density at radius 1 is 1.78 bits per heavy atom. The van der Waals surface area contributed by atoms with E-state index in [9.17, 15) is 4.79 Å². The summed E-state index contributed by atoms with van der Waals surface area (Å²) < 4.78 is 0. The fourth-order valence-corrected chi connectivity index (χ4v) is 0.515. The van der Waals surface area contributed by atoms with Crippen LogP contribution in [0.3, 0.4) is 0 Å². The Morgan fingerprint density at radius 3 is 2.89 bits per heavy atom. The molecule has 1 rings (SSSR count). The summed E-state index contributed by atoms with van der Waals surface area (Å²) >= 11 is 0. The van der Waals surface area contributed by atoms with Gasteiger partial charge in [0.15, 0.2) is 6.29 Å². The number of carbonyl (C=O) groups excluding carboxylic acids is 1. The van der Waals surface area contributed by atoms with Crippen molar-refractivity contribution in [2.75, 3.05) is 0 Å². The van der Waals surface area contributed by atoms with Crippen LogP contribution in [0, 0.1) is 0 Å². The van der Waals surface area contributed by atoms with Gasteiger partial charge in [-0.2, -0.15) is 0 Å². The lowest BCUT2D eigenvalue weighted by molar-refractivity contribution is 0.111. The highest BCUT2D eigenvalue weighted by Gasteiger charge is 1.91. The molecule has 0 spiro atoms. The van der Waals surface area contributed by atoms with E-state index < -0.39 is 0 Å². The first-order valence-corrected chi connectivity index (χ1v) is 2.49. The zero-order chi connectivity index (χ0) is 6.69. The lowest BCUT2D eigenvalue weighted by atomic mass is 10.5. The SMILES string of the molecule is C=Cc1ncc(C=O)[nH]1. The van der Waals surface area contributed by atoms with Crippen molar-refractivity contribution in [1.29, 1.82) is 0 Å². The Kier molecular flexibility index (Phi) is 1.44. The minimum atomic E-state index is 0.477. The van der Waals surface area contributed by atoms with Gasteiger partial charge in [0.1, 0.15) is 5.82 Å². The van der Waals surface area contributed by atoms with Gasteiger partial charge >= 0.3 is 0 Å². The quantitative estimate of drug-likeness (QED) is 0.591. The fraction of sp³-hybridized carbons (Fsp3) is 0. The molecule has 3 heteroatoms. The maximum atomic E-state index is 10.0. The van der Waals surface area contributed by atoms with E-state index in [0.29, 0.717) is 17.8 Å². The number of aromatic amines is 1. The molecule has 0 saturated heterocycles. The average molecular weight is 122 g/mol. The largest absolute Gasteiger partial charge is 0.336 e. The number of carbonyl (C=O) groups is 1. The second kappa shape index (κ2) is 2.26. The third kappa shape index (κ3) is 1.05. The van der Waals surface area contributed by atoms with Crippen molar-refractivity contribution in [3.05, 3.63) is 24.3 Å². The number of nitrogens with one attached hydrogen (secondary N) is 1. The predicted octanol–water partition coefficient (Wildman–Crippen LogP) is 0.865. The first-order chi connectivity index (χ1) is 4.36. The van der Waals surface area contributed by atoms with Gasteiger partial charge in [-0.3, -0.25) is 4.79 Å². The first-order valence-electron chi connectivity index (χ1n) is 2.49. The van der Waals surface area contributed by atoms with E-state index in [1.165, 1.54) is 6.20 Å². The summed E-state index contributed by atoms with van der Waals surface area (Å²) in [7, 11) is 0. The smallest absolute Gasteiger partial charge is 0.167 e. The maximum absolute atomic E-state index is 10.0. The number of H-pyrrole nitrogens is 1. The van der Waals surface area contributed by atoms with Crippen molar-refractivity contribution >= 4 is 12.4 Å². The van der Waals surface area contributed by atoms with Crippen LogP contribution < -0.4 is 0 Å². The summed E-state index contributed by atoms with van der Waals surface area (Å²) in [4.78, 5) is 16.5. The van der Waals surface area contributed by atoms with Gasteiger partial charge in [0.05, 0.1) is 11.9 Å². The zero-order valence-corrected chi connectivity index (χ0v) is 4.79. The van der Waals surface area contributed by atoms with Gasteiger partial charge < -0.3 is 4.98 Å². The molecule has 0 atom stereocenters. The highest BCUT2D eigenvalue weighted by molar-refractivity contribution is 5.71. The molecule has 1 heterocycles. The van der Waals surface area contributed by atoms with Crippen LogP contribution in [0.5, 0.6) is 0 Å². The van der Waals surface area contributed by atoms with Gasteiger partial charge in [0.2, 0.25) is 0 Å². The summed E-state index contributed by atoms with van der Waals surface area (Å²) in [5.41, 5.74) is 0.477. The summed E-state index contributed by atoms with van der Waals surface area (Å²) in [5, 5.41) is 0. The molecule has 0 fully saturated rings. The van der Waals surface area contributed by atoms with Crippen LogP contribution in [0.25, 0.3) is 6.08 Å². The van der Waals surface area contributed by atoms with Crippen LogP contribution in [-0.4, -0.2) is 16.3 Å². The van der Waals surface area contributed by atoms with Gasteiger partial charge in [0.25, 0.3) is 0 Å². The van der Waals surface area contributed by atoms with Gasteiger partial charge in [-0.25, -0.2) is 4.98 Å². The second-order valence-corrected chi connectivity index (χ2v) is 1.55. The first kappa shape index (κ1) is 5.75. The molecule has 9 heavy (non-hydrogen) atoms. The molecule has 1 aromatic heterocycles. The number of aldehydes is 1. The molecule has 1 aromatic rings. The molecular weight excluding hydrogens is 116 g/mol. The molecule has 0 aliphatic heterocycles. The molecule has 0 saturated carbocycles. The van der Waals surface area contributed by atoms with Crippen LogP contribution in [0.15, 0.2) is 12.8 Å². The Morgan fingerprint density at radius 2 is 2.56 bits per heavy atom. The normalized spacial score (nSPS) is 8.89. The fourth-order valence-electron chi connectivity index (χ4n) is 0.515. The summed E-state index contributed by atoms with van der Waals surface area (Å²) in [6.07, 6.45) is 3.72. The van der Waals surface area contributed by atoms with Crippen molar-refractivity contribution in [1.82, 2.24) is 9.97 Å². The molecule has 0 radical (unpaired) electrons. The molecule has 3 nitrogen and oxygen atoms in total.